The first kappa shape index (κ1) is 19.2. The summed E-state index contributed by atoms with van der Waals surface area (Å²) in [7, 11) is -3.50. The summed E-state index contributed by atoms with van der Waals surface area (Å²) in [5.74, 6) is -0.804. The molecule has 0 spiro atoms. The van der Waals surface area contributed by atoms with Gasteiger partial charge in [-0.3, -0.25) is 4.79 Å². The maximum atomic E-state index is 12.9. The zero-order valence-corrected chi connectivity index (χ0v) is 15.7. The number of carbonyl (C=O) groups excluding carboxylic acids is 1. The van der Waals surface area contributed by atoms with E-state index >= 15 is 0 Å². The third-order valence-electron chi connectivity index (χ3n) is 4.41. The van der Waals surface area contributed by atoms with Crippen molar-refractivity contribution >= 4 is 21.6 Å². The van der Waals surface area contributed by atoms with Crippen molar-refractivity contribution in [3.63, 3.8) is 0 Å². The number of benzene rings is 2. The van der Waals surface area contributed by atoms with E-state index in [2.05, 4.69) is 10.5 Å². The molecule has 27 heavy (non-hydrogen) atoms. The molecule has 8 heteroatoms. The second-order valence-electron chi connectivity index (χ2n) is 6.28. The Kier molecular flexibility index (Phi) is 5.67. The van der Waals surface area contributed by atoms with Gasteiger partial charge in [-0.25, -0.2) is 18.2 Å². The molecule has 0 aliphatic carbocycles. The normalized spacial score (nSPS) is 15.7. The van der Waals surface area contributed by atoms with E-state index in [0.717, 1.165) is 12.8 Å². The van der Waals surface area contributed by atoms with E-state index in [0.29, 0.717) is 29.9 Å². The maximum Gasteiger partial charge on any atom is 0.271 e. The minimum Gasteiger partial charge on any atom is -0.267 e. The molecule has 1 fully saturated rings. The Balaban J connectivity index is 1.68. The Morgan fingerprint density at radius 2 is 1.56 bits per heavy atom. The fourth-order valence-electron chi connectivity index (χ4n) is 2.81. The van der Waals surface area contributed by atoms with E-state index in [1.165, 1.54) is 40.7 Å². The third kappa shape index (κ3) is 4.40. The second-order valence-corrected chi connectivity index (χ2v) is 8.22. The van der Waals surface area contributed by atoms with Crippen molar-refractivity contribution in [1.29, 1.82) is 0 Å². The van der Waals surface area contributed by atoms with Crippen LogP contribution in [0.1, 0.15) is 35.7 Å². The van der Waals surface area contributed by atoms with Gasteiger partial charge in [-0.05, 0) is 61.7 Å². The van der Waals surface area contributed by atoms with Crippen molar-refractivity contribution in [2.45, 2.75) is 24.7 Å². The highest BCUT2D eigenvalue weighted by atomic mass is 32.2. The molecule has 2 aromatic carbocycles. The molecule has 1 aliphatic rings. The van der Waals surface area contributed by atoms with Gasteiger partial charge in [-0.2, -0.15) is 9.41 Å². The maximum absolute atomic E-state index is 12.9. The topological polar surface area (TPSA) is 78.8 Å². The Labute approximate surface area is 157 Å². The van der Waals surface area contributed by atoms with Crippen LogP contribution in [-0.4, -0.2) is 37.4 Å². The molecule has 0 unspecified atom stereocenters. The minimum atomic E-state index is -3.50. The van der Waals surface area contributed by atoms with Gasteiger partial charge in [0, 0.05) is 18.7 Å². The fourth-order valence-corrected chi connectivity index (χ4v) is 4.33. The highest BCUT2D eigenvalue weighted by Gasteiger charge is 2.27. The Hall–Kier alpha value is -2.58. The largest absolute Gasteiger partial charge is 0.271 e. The fraction of sp³-hybridized carbons (Fsp3) is 0.263. The number of carbonyl (C=O) groups is 1. The SMILES string of the molecule is C/C(=N/NC(=O)c1ccc(S(=O)(=O)N2CCCC2)cc1)c1ccc(F)cc1. The summed E-state index contributed by atoms with van der Waals surface area (Å²) >= 11 is 0. The molecule has 3 rings (SSSR count). The summed E-state index contributed by atoms with van der Waals surface area (Å²) in [6, 6.07) is 11.5. The van der Waals surface area contributed by atoms with Gasteiger partial charge >= 0.3 is 0 Å². The third-order valence-corrected chi connectivity index (χ3v) is 6.32. The number of sulfonamides is 1. The van der Waals surface area contributed by atoms with Crippen LogP contribution in [0.4, 0.5) is 4.39 Å². The molecule has 0 saturated carbocycles. The van der Waals surface area contributed by atoms with Gasteiger partial charge in [0.25, 0.3) is 5.91 Å². The molecule has 0 bridgehead atoms. The predicted molar refractivity (Wildman–Crippen MR) is 101 cm³/mol. The van der Waals surface area contributed by atoms with Crippen molar-refractivity contribution in [1.82, 2.24) is 9.73 Å². The molecule has 0 atom stereocenters. The molecule has 1 heterocycles. The number of hydrogen-bond acceptors (Lipinski definition) is 4. The van der Waals surface area contributed by atoms with Crippen molar-refractivity contribution in [2.24, 2.45) is 5.10 Å². The highest BCUT2D eigenvalue weighted by molar-refractivity contribution is 7.89. The first-order valence-electron chi connectivity index (χ1n) is 8.59. The first-order valence-corrected chi connectivity index (χ1v) is 10.0. The molecule has 2 aromatic rings. The number of hydrogen-bond donors (Lipinski definition) is 1. The van der Waals surface area contributed by atoms with Crippen molar-refractivity contribution < 1.29 is 17.6 Å². The molecule has 142 valence electrons. The Bertz CT molecular complexity index is 949. The lowest BCUT2D eigenvalue weighted by molar-refractivity contribution is 0.0954. The van der Waals surface area contributed by atoms with Crippen molar-refractivity contribution in [3.05, 3.63) is 65.5 Å². The average Bonchev–Trinajstić information content (AvgIpc) is 3.22. The van der Waals surface area contributed by atoms with Crippen LogP contribution in [0.3, 0.4) is 0 Å². The van der Waals surface area contributed by atoms with E-state index < -0.39 is 15.9 Å². The molecule has 1 amide bonds. The van der Waals surface area contributed by atoms with Crippen molar-refractivity contribution in [3.8, 4) is 0 Å². The van der Waals surface area contributed by atoms with E-state index in [4.69, 9.17) is 0 Å². The zero-order valence-electron chi connectivity index (χ0n) is 14.9. The Morgan fingerprint density at radius 1 is 1.00 bits per heavy atom. The van der Waals surface area contributed by atoms with Gasteiger partial charge in [0.05, 0.1) is 10.6 Å². The summed E-state index contributed by atoms with van der Waals surface area (Å²) in [6.07, 6.45) is 1.73. The van der Waals surface area contributed by atoms with Gasteiger partial charge in [-0.15, -0.1) is 0 Å². The van der Waals surface area contributed by atoms with E-state index in [1.807, 2.05) is 0 Å². The van der Waals surface area contributed by atoms with Crippen LogP contribution in [0.5, 0.6) is 0 Å². The lowest BCUT2D eigenvalue weighted by Crippen LogP contribution is -2.28. The van der Waals surface area contributed by atoms with E-state index in [1.54, 1.807) is 19.1 Å². The van der Waals surface area contributed by atoms with Crippen LogP contribution in [0.15, 0.2) is 58.5 Å². The standard InChI is InChI=1S/C19H20FN3O3S/c1-14(15-4-8-17(20)9-5-15)21-22-19(24)16-6-10-18(11-7-16)27(25,26)23-12-2-3-13-23/h4-11H,2-3,12-13H2,1H3,(H,22,24)/b21-14-. The van der Waals surface area contributed by atoms with Gasteiger partial charge in [-0.1, -0.05) is 12.1 Å². The van der Waals surface area contributed by atoms with Crippen molar-refractivity contribution in [2.75, 3.05) is 13.1 Å². The predicted octanol–water partition coefficient (Wildman–Crippen LogP) is 2.76. The van der Waals surface area contributed by atoms with Crippen LogP contribution in [-0.2, 0) is 10.0 Å². The van der Waals surface area contributed by atoms with Gasteiger partial charge < -0.3 is 0 Å². The molecule has 1 N–H and O–H groups in total. The summed E-state index contributed by atoms with van der Waals surface area (Å²) in [5.41, 5.74) is 3.93. The zero-order chi connectivity index (χ0) is 19.4. The van der Waals surface area contributed by atoms with Crippen LogP contribution < -0.4 is 5.43 Å². The van der Waals surface area contributed by atoms with Gasteiger partial charge in [0.2, 0.25) is 10.0 Å². The summed E-state index contributed by atoms with van der Waals surface area (Å²) < 4.78 is 39.4. The quantitative estimate of drug-likeness (QED) is 0.631. The number of nitrogens with one attached hydrogen (secondary N) is 1. The summed E-state index contributed by atoms with van der Waals surface area (Å²) in [4.78, 5) is 12.4. The smallest absolute Gasteiger partial charge is 0.267 e. The van der Waals surface area contributed by atoms with Gasteiger partial charge in [0.15, 0.2) is 0 Å². The lowest BCUT2D eigenvalue weighted by Gasteiger charge is -2.15. The number of halogens is 1. The monoisotopic (exact) mass is 389 g/mol. The Morgan fingerprint density at radius 3 is 2.15 bits per heavy atom. The van der Waals surface area contributed by atoms with E-state index in [9.17, 15) is 17.6 Å². The molecule has 0 aromatic heterocycles. The molecule has 0 radical (unpaired) electrons. The molecule has 1 aliphatic heterocycles. The van der Waals surface area contributed by atoms with Crippen LogP contribution in [0, 0.1) is 5.82 Å². The molecular weight excluding hydrogens is 369 g/mol. The minimum absolute atomic E-state index is 0.173. The lowest BCUT2D eigenvalue weighted by atomic mass is 10.1. The number of rotatable bonds is 5. The van der Waals surface area contributed by atoms with Crippen LogP contribution in [0.25, 0.3) is 0 Å². The number of nitrogens with zero attached hydrogens (tertiary/aromatic N) is 2. The summed E-state index contributed by atoms with van der Waals surface area (Å²) in [6.45, 7) is 2.75. The second kappa shape index (κ2) is 7.98. The van der Waals surface area contributed by atoms with Gasteiger partial charge in [0.1, 0.15) is 5.82 Å². The molecular formula is C19H20FN3O3S. The molecule has 6 nitrogen and oxygen atoms in total. The van der Waals surface area contributed by atoms with Crippen LogP contribution in [0.2, 0.25) is 0 Å². The molecule has 1 saturated heterocycles. The highest BCUT2D eigenvalue weighted by Crippen LogP contribution is 2.21. The summed E-state index contributed by atoms with van der Waals surface area (Å²) in [5, 5.41) is 4.00. The number of hydrazone groups is 1. The average molecular weight is 389 g/mol. The van der Waals surface area contributed by atoms with E-state index in [-0.39, 0.29) is 10.7 Å². The van der Waals surface area contributed by atoms with Crippen LogP contribution >= 0.6 is 0 Å². The first-order chi connectivity index (χ1) is 12.9. The number of amides is 1.